The van der Waals surface area contributed by atoms with Gasteiger partial charge in [-0.2, -0.15) is 4.31 Å². The molecule has 1 saturated heterocycles. The number of hydrogen-bond donors (Lipinski definition) is 1. The van der Waals surface area contributed by atoms with Crippen molar-refractivity contribution < 1.29 is 22.0 Å². The minimum Gasteiger partial charge on any atom is -0.342 e. The summed E-state index contributed by atoms with van der Waals surface area (Å²) >= 11 is 0. The average Bonchev–Trinajstić information content (AvgIpc) is 3.24. The van der Waals surface area contributed by atoms with Crippen molar-refractivity contribution in [2.45, 2.75) is 23.8 Å². The molecule has 0 bridgehead atoms. The number of nitrogens with one attached hydrogen (secondary N) is 1. The molecule has 1 aromatic heterocycles. The number of amides is 1. The molecular weight excluding hydrogens is 450 g/mol. The molecule has 2 heterocycles. The molecule has 1 aliphatic rings. The summed E-state index contributed by atoms with van der Waals surface area (Å²) in [6.07, 6.45) is 3.97. The Bertz CT molecular complexity index is 1240. The predicted octanol–water partition coefficient (Wildman–Crippen LogP) is 3.00. The lowest BCUT2D eigenvalue weighted by Crippen LogP contribution is -2.44. The number of rotatable bonds is 6. The van der Waals surface area contributed by atoms with Gasteiger partial charge < -0.3 is 9.88 Å². The van der Waals surface area contributed by atoms with E-state index in [4.69, 9.17) is 0 Å². The van der Waals surface area contributed by atoms with E-state index in [-0.39, 0.29) is 29.7 Å². The zero-order valence-corrected chi connectivity index (χ0v) is 18.8. The Kier molecular flexibility index (Phi) is 6.57. The fraction of sp³-hybridized carbons (Fsp3) is 0.304. The van der Waals surface area contributed by atoms with Crippen molar-refractivity contribution in [3.05, 3.63) is 83.9 Å². The fourth-order valence-electron chi connectivity index (χ4n) is 4.02. The quantitative estimate of drug-likeness (QED) is 0.595. The molecule has 1 amide bonds. The van der Waals surface area contributed by atoms with Gasteiger partial charge in [-0.05, 0) is 42.7 Å². The summed E-state index contributed by atoms with van der Waals surface area (Å²) in [5, 5.41) is 2.99. The number of halogens is 2. The molecule has 4 rings (SSSR count). The minimum atomic E-state index is -3.98. The monoisotopic (exact) mass is 474 g/mol. The molecular formula is C23H24F2N4O3S. The van der Waals surface area contributed by atoms with Crippen LogP contribution in [0.5, 0.6) is 0 Å². The Morgan fingerprint density at radius 1 is 1.09 bits per heavy atom. The van der Waals surface area contributed by atoms with E-state index in [0.717, 1.165) is 6.07 Å². The van der Waals surface area contributed by atoms with Crippen LogP contribution in [0.1, 0.15) is 30.3 Å². The van der Waals surface area contributed by atoms with Gasteiger partial charge in [0.25, 0.3) is 0 Å². The third-order valence-corrected chi connectivity index (χ3v) is 7.82. The molecule has 33 heavy (non-hydrogen) atoms. The van der Waals surface area contributed by atoms with Crippen molar-refractivity contribution in [1.82, 2.24) is 19.2 Å². The summed E-state index contributed by atoms with van der Waals surface area (Å²) in [5.41, 5.74) is 0.679. The molecule has 1 aliphatic heterocycles. The average molecular weight is 475 g/mol. The van der Waals surface area contributed by atoms with E-state index in [2.05, 4.69) is 10.3 Å². The van der Waals surface area contributed by atoms with Crippen molar-refractivity contribution in [1.29, 1.82) is 0 Å². The Morgan fingerprint density at radius 2 is 1.76 bits per heavy atom. The molecule has 0 unspecified atom stereocenters. The summed E-state index contributed by atoms with van der Waals surface area (Å²) < 4.78 is 56.1. The molecule has 174 valence electrons. The van der Waals surface area contributed by atoms with Crippen LogP contribution in [-0.2, 0) is 21.9 Å². The predicted molar refractivity (Wildman–Crippen MR) is 117 cm³/mol. The first-order valence-electron chi connectivity index (χ1n) is 10.5. The number of hydrogen-bond acceptors (Lipinski definition) is 4. The Balaban J connectivity index is 1.47. The molecule has 2 aromatic carbocycles. The van der Waals surface area contributed by atoms with E-state index in [9.17, 15) is 22.0 Å². The maximum Gasteiger partial charge on any atom is 0.245 e. The van der Waals surface area contributed by atoms with E-state index < -0.39 is 27.8 Å². The second-order valence-electron chi connectivity index (χ2n) is 8.00. The highest BCUT2D eigenvalue weighted by Crippen LogP contribution is 2.27. The van der Waals surface area contributed by atoms with Crippen LogP contribution in [0.2, 0.25) is 0 Å². The number of sulfonamides is 1. The number of imidazole rings is 1. The zero-order chi connectivity index (χ0) is 23.6. The van der Waals surface area contributed by atoms with Gasteiger partial charge in [0.15, 0.2) is 0 Å². The lowest BCUT2D eigenvalue weighted by Gasteiger charge is -2.31. The number of nitrogens with zero attached hydrogens (tertiary/aromatic N) is 3. The lowest BCUT2D eigenvalue weighted by atomic mass is 9.96. The molecule has 0 spiro atoms. The van der Waals surface area contributed by atoms with Crippen LogP contribution in [0.3, 0.4) is 0 Å². The van der Waals surface area contributed by atoms with Crippen molar-refractivity contribution in [2.24, 2.45) is 13.0 Å². The fourth-order valence-corrected chi connectivity index (χ4v) is 5.55. The van der Waals surface area contributed by atoms with Crippen LogP contribution in [-0.4, -0.2) is 41.3 Å². The highest BCUT2D eigenvalue weighted by Gasteiger charge is 2.34. The largest absolute Gasteiger partial charge is 0.342 e. The van der Waals surface area contributed by atoms with Crippen LogP contribution in [0.15, 0.2) is 65.8 Å². The molecule has 0 radical (unpaired) electrons. The molecule has 10 heteroatoms. The number of aromatic nitrogens is 2. The van der Waals surface area contributed by atoms with E-state index in [1.165, 1.54) is 34.6 Å². The number of carbonyl (C=O) groups excluding carboxylic acids is 1. The second-order valence-corrected chi connectivity index (χ2v) is 9.90. The van der Waals surface area contributed by atoms with Gasteiger partial charge in [0.05, 0.1) is 0 Å². The van der Waals surface area contributed by atoms with Gasteiger partial charge in [-0.25, -0.2) is 22.2 Å². The van der Waals surface area contributed by atoms with Gasteiger partial charge >= 0.3 is 0 Å². The van der Waals surface area contributed by atoms with Crippen LogP contribution in [0, 0.1) is 17.6 Å². The van der Waals surface area contributed by atoms with Crippen LogP contribution in [0.4, 0.5) is 8.78 Å². The van der Waals surface area contributed by atoms with Crippen molar-refractivity contribution >= 4 is 15.9 Å². The van der Waals surface area contributed by atoms with Crippen molar-refractivity contribution in [3.63, 3.8) is 0 Å². The highest BCUT2D eigenvalue weighted by atomic mass is 32.2. The topological polar surface area (TPSA) is 84.3 Å². The van der Waals surface area contributed by atoms with E-state index in [0.29, 0.717) is 24.2 Å². The SMILES string of the molecule is Cn1ccnc1[C@H](NC(=O)C1CCN(S(=O)(=O)c2ccccc2F)CC1)c1ccc(F)cc1. The molecule has 0 saturated carbocycles. The first-order valence-corrected chi connectivity index (χ1v) is 12.0. The Morgan fingerprint density at radius 3 is 2.36 bits per heavy atom. The Labute approximate surface area is 191 Å². The van der Waals surface area contributed by atoms with Gasteiger partial charge in [-0.1, -0.05) is 24.3 Å². The number of piperidine rings is 1. The van der Waals surface area contributed by atoms with E-state index >= 15 is 0 Å². The van der Waals surface area contributed by atoms with E-state index in [1.807, 2.05) is 0 Å². The summed E-state index contributed by atoms with van der Waals surface area (Å²) in [6.45, 7) is 0.219. The molecule has 1 N–H and O–H groups in total. The maximum absolute atomic E-state index is 14.0. The molecule has 3 aromatic rings. The van der Waals surface area contributed by atoms with Gasteiger partial charge in [0.2, 0.25) is 15.9 Å². The van der Waals surface area contributed by atoms with Gasteiger partial charge in [0.1, 0.15) is 28.4 Å². The van der Waals surface area contributed by atoms with Gasteiger partial charge in [0, 0.05) is 38.4 Å². The number of aryl methyl sites for hydroxylation is 1. The molecule has 7 nitrogen and oxygen atoms in total. The van der Waals surface area contributed by atoms with Crippen molar-refractivity contribution in [2.75, 3.05) is 13.1 Å². The standard InChI is InChI=1S/C23H24F2N4O3S/c1-28-15-12-26-22(28)21(16-6-8-18(24)9-7-16)27-23(30)17-10-13-29(14-11-17)33(31,32)20-5-3-2-4-19(20)25/h2-9,12,15,17,21H,10-11,13-14H2,1H3,(H,27,30)/t21-/m1/s1. The summed E-state index contributed by atoms with van der Waals surface area (Å²) in [5.74, 6) is -1.24. The van der Waals surface area contributed by atoms with Crippen LogP contribution in [0.25, 0.3) is 0 Å². The first-order chi connectivity index (χ1) is 15.8. The third-order valence-electron chi connectivity index (χ3n) is 5.89. The van der Waals surface area contributed by atoms with Crippen LogP contribution < -0.4 is 5.32 Å². The third kappa shape index (κ3) is 4.81. The summed E-state index contributed by atoms with van der Waals surface area (Å²) in [4.78, 5) is 17.1. The first kappa shape index (κ1) is 23.1. The lowest BCUT2D eigenvalue weighted by molar-refractivity contribution is -0.126. The van der Waals surface area contributed by atoms with Crippen LogP contribution >= 0.6 is 0 Å². The van der Waals surface area contributed by atoms with Gasteiger partial charge in [-0.3, -0.25) is 4.79 Å². The van der Waals surface area contributed by atoms with Crippen molar-refractivity contribution in [3.8, 4) is 0 Å². The van der Waals surface area contributed by atoms with E-state index in [1.54, 1.807) is 36.1 Å². The zero-order valence-electron chi connectivity index (χ0n) is 18.0. The maximum atomic E-state index is 14.0. The molecule has 1 fully saturated rings. The normalized spacial score (nSPS) is 16.5. The summed E-state index contributed by atoms with van der Waals surface area (Å²) in [6, 6.07) is 10.5. The highest BCUT2D eigenvalue weighted by molar-refractivity contribution is 7.89. The molecule has 1 atom stereocenters. The number of carbonyl (C=O) groups is 1. The second kappa shape index (κ2) is 9.40. The Hall–Kier alpha value is -3.11. The minimum absolute atomic E-state index is 0.109. The smallest absolute Gasteiger partial charge is 0.245 e. The summed E-state index contributed by atoms with van der Waals surface area (Å²) in [7, 11) is -2.17. The molecule has 0 aliphatic carbocycles. The number of benzene rings is 2. The van der Waals surface area contributed by atoms with Gasteiger partial charge in [-0.15, -0.1) is 0 Å².